The van der Waals surface area contributed by atoms with Crippen LogP contribution in [0.3, 0.4) is 0 Å². The molecule has 106 valence electrons. The minimum Gasteiger partial charge on any atom is -0.493 e. The molecule has 20 heavy (non-hydrogen) atoms. The van der Waals surface area contributed by atoms with Crippen LogP contribution in [0.5, 0.6) is 11.5 Å². The van der Waals surface area contributed by atoms with Crippen LogP contribution in [0.15, 0.2) is 36.4 Å². The molecule has 0 radical (unpaired) electrons. The van der Waals surface area contributed by atoms with E-state index >= 15 is 0 Å². The molecule has 0 bridgehead atoms. The lowest BCUT2D eigenvalue weighted by Gasteiger charge is -2.15. The lowest BCUT2D eigenvalue weighted by Crippen LogP contribution is -1.98. The zero-order chi connectivity index (χ0) is 14.7. The van der Waals surface area contributed by atoms with Crippen molar-refractivity contribution >= 4 is 27.5 Å². The van der Waals surface area contributed by atoms with Crippen LogP contribution in [0.25, 0.3) is 0 Å². The van der Waals surface area contributed by atoms with Crippen molar-refractivity contribution in [3.8, 4) is 11.5 Å². The van der Waals surface area contributed by atoms with Crippen molar-refractivity contribution in [3.05, 3.63) is 58.4 Å². The van der Waals surface area contributed by atoms with E-state index in [1.807, 2.05) is 12.1 Å². The predicted molar refractivity (Wildman–Crippen MR) is 81.7 cm³/mol. The number of alkyl halides is 1. The smallest absolute Gasteiger partial charge is 0.161 e. The van der Waals surface area contributed by atoms with Gasteiger partial charge >= 0.3 is 0 Å². The highest BCUT2D eigenvalue weighted by Gasteiger charge is 2.17. The number of hydrogen-bond acceptors (Lipinski definition) is 2. The molecule has 0 heterocycles. The number of hydrogen-bond donors (Lipinski definition) is 0. The van der Waals surface area contributed by atoms with E-state index in [2.05, 4.69) is 15.9 Å². The number of halogens is 3. The molecule has 0 aliphatic rings. The Morgan fingerprint density at radius 1 is 1.05 bits per heavy atom. The van der Waals surface area contributed by atoms with Gasteiger partial charge in [0.15, 0.2) is 11.5 Å². The molecule has 5 heteroatoms. The van der Waals surface area contributed by atoms with Gasteiger partial charge in [0.05, 0.1) is 19.0 Å². The maximum absolute atomic E-state index is 13.9. The van der Waals surface area contributed by atoms with Gasteiger partial charge in [-0.05, 0) is 29.8 Å². The Balaban J connectivity index is 2.40. The Morgan fingerprint density at radius 3 is 2.35 bits per heavy atom. The van der Waals surface area contributed by atoms with E-state index in [0.717, 1.165) is 5.56 Å². The molecule has 1 atom stereocenters. The monoisotopic (exact) mass is 358 g/mol. The lowest BCUT2D eigenvalue weighted by atomic mass is 10.0. The topological polar surface area (TPSA) is 18.5 Å². The molecule has 0 amide bonds. The summed E-state index contributed by atoms with van der Waals surface area (Å²) < 4.78 is 24.4. The zero-order valence-corrected chi connectivity index (χ0v) is 13.3. The molecule has 0 saturated carbocycles. The van der Waals surface area contributed by atoms with E-state index in [-0.39, 0.29) is 10.6 Å². The van der Waals surface area contributed by atoms with Crippen molar-refractivity contribution in [3.63, 3.8) is 0 Å². The fraction of sp³-hybridized carbons (Fsp3) is 0.200. The number of benzene rings is 2. The van der Waals surface area contributed by atoms with Crippen LogP contribution >= 0.6 is 27.5 Å². The second kappa shape index (κ2) is 6.46. The zero-order valence-electron chi connectivity index (χ0n) is 11.0. The van der Waals surface area contributed by atoms with E-state index in [4.69, 9.17) is 21.1 Å². The van der Waals surface area contributed by atoms with Gasteiger partial charge in [0, 0.05) is 10.6 Å². The molecule has 2 nitrogen and oxygen atoms in total. The van der Waals surface area contributed by atoms with Crippen LogP contribution in [-0.2, 0) is 0 Å². The average Bonchev–Trinajstić information content (AvgIpc) is 2.45. The van der Waals surface area contributed by atoms with E-state index in [0.29, 0.717) is 22.1 Å². The third kappa shape index (κ3) is 3.07. The number of rotatable bonds is 4. The quantitative estimate of drug-likeness (QED) is 0.717. The Hall–Kier alpha value is -1.26. The maximum Gasteiger partial charge on any atom is 0.161 e. The van der Waals surface area contributed by atoms with Gasteiger partial charge in [0.2, 0.25) is 0 Å². The van der Waals surface area contributed by atoms with Gasteiger partial charge in [-0.2, -0.15) is 0 Å². The first-order valence-corrected chi connectivity index (χ1v) is 7.17. The highest BCUT2D eigenvalue weighted by Crippen LogP contribution is 2.37. The third-order valence-corrected chi connectivity index (χ3v) is 4.19. The standard InChI is InChI=1S/C15H13BrClFO2/c1-19-13-6-3-9(7-14(13)20-2)15(16)11-5-4-10(17)8-12(11)18/h3-8,15H,1-2H3. The summed E-state index contributed by atoms with van der Waals surface area (Å²) >= 11 is 9.26. The lowest BCUT2D eigenvalue weighted by molar-refractivity contribution is 0.354. The van der Waals surface area contributed by atoms with Gasteiger partial charge in [-0.15, -0.1) is 0 Å². The van der Waals surface area contributed by atoms with Crippen LogP contribution in [0.2, 0.25) is 5.02 Å². The van der Waals surface area contributed by atoms with Gasteiger partial charge in [0.1, 0.15) is 5.82 Å². The molecule has 0 spiro atoms. The summed E-state index contributed by atoms with van der Waals surface area (Å²) in [6, 6.07) is 10.1. The SMILES string of the molecule is COc1ccc(C(Br)c2ccc(Cl)cc2F)cc1OC. The minimum absolute atomic E-state index is 0.292. The van der Waals surface area contributed by atoms with E-state index in [9.17, 15) is 4.39 Å². The van der Waals surface area contributed by atoms with Crippen molar-refractivity contribution < 1.29 is 13.9 Å². The molecule has 0 fully saturated rings. The van der Waals surface area contributed by atoms with Crippen molar-refractivity contribution in [1.29, 1.82) is 0 Å². The molecule has 2 aromatic carbocycles. The molecule has 0 aliphatic carbocycles. The molecule has 2 aromatic rings. The van der Waals surface area contributed by atoms with Crippen LogP contribution in [0.4, 0.5) is 4.39 Å². The molecule has 2 rings (SSSR count). The van der Waals surface area contributed by atoms with Gasteiger partial charge in [-0.1, -0.05) is 39.7 Å². The molecule has 1 unspecified atom stereocenters. The van der Waals surface area contributed by atoms with Crippen LogP contribution in [-0.4, -0.2) is 14.2 Å². The normalized spacial score (nSPS) is 12.1. The first kappa shape index (κ1) is 15.1. The van der Waals surface area contributed by atoms with E-state index in [1.165, 1.54) is 6.07 Å². The van der Waals surface area contributed by atoms with Crippen molar-refractivity contribution in [1.82, 2.24) is 0 Å². The second-order valence-corrected chi connectivity index (χ2v) is 5.49. The molecule has 0 aromatic heterocycles. The average molecular weight is 360 g/mol. The fourth-order valence-corrected chi connectivity index (χ4v) is 2.71. The molecular formula is C15H13BrClFO2. The Bertz CT molecular complexity index is 619. The van der Waals surface area contributed by atoms with Gasteiger partial charge < -0.3 is 9.47 Å². The highest BCUT2D eigenvalue weighted by molar-refractivity contribution is 9.09. The first-order chi connectivity index (χ1) is 9.56. The van der Waals surface area contributed by atoms with E-state index < -0.39 is 0 Å². The van der Waals surface area contributed by atoms with Crippen molar-refractivity contribution in [2.45, 2.75) is 4.83 Å². The maximum atomic E-state index is 13.9. The highest BCUT2D eigenvalue weighted by atomic mass is 79.9. The van der Waals surface area contributed by atoms with E-state index in [1.54, 1.807) is 32.4 Å². The first-order valence-electron chi connectivity index (χ1n) is 5.87. The van der Waals surface area contributed by atoms with Crippen molar-refractivity contribution in [2.75, 3.05) is 14.2 Å². The van der Waals surface area contributed by atoms with Crippen LogP contribution < -0.4 is 9.47 Å². The number of ether oxygens (including phenoxy) is 2. The summed E-state index contributed by atoms with van der Waals surface area (Å²) in [5, 5.41) is 0.373. The van der Waals surface area contributed by atoms with Gasteiger partial charge in [0.25, 0.3) is 0 Å². The van der Waals surface area contributed by atoms with Gasteiger partial charge in [-0.25, -0.2) is 4.39 Å². The summed E-state index contributed by atoms with van der Waals surface area (Å²) in [5.41, 5.74) is 1.38. The Labute approximate surface area is 130 Å². The Morgan fingerprint density at radius 2 is 1.75 bits per heavy atom. The molecule has 0 saturated heterocycles. The largest absolute Gasteiger partial charge is 0.493 e. The molecule has 0 aliphatic heterocycles. The van der Waals surface area contributed by atoms with Crippen molar-refractivity contribution in [2.24, 2.45) is 0 Å². The molecule has 0 N–H and O–H groups in total. The van der Waals surface area contributed by atoms with Gasteiger partial charge in [-0.3, -0.25) is 0 Å². The summed E-state index contributed by atoms with van der Waals surface area (Å²) in [5.74, 6) is 0.880. The Kier molecular flexibility index (Phi) is 4.89. The fourth-order valence-electron chi connectivity index (χ4n) is 1.90. The summed E-state index contributed by atoms with van der Waals surface area (Å²) in [7, 11) is 3.13. The second-order valence-electron chi connectivity index (χ2n) is 4.14. The minimum atomic E-state index is -0.353. The number of methoxy groups -OCH3 is 2. The molecular weight excluding hydrogens is 347 g/mol. The predicted octanol–water partition coefficient (Wildman–Crippen LogP) is 4.98. The summed E-state index contributed by atoms with van der Waals surface area (Å²) in [6.07, 6.45) is 0. The van der Waals surface area contributed by atoms with Crippen LogP contribution in [0.1, 0.15) is 16.0 Å². The summed E-state index contributed by atoms with van der Waals surface area (Å²) in [4.78, 5) is -0.292. The summed E-state index contributed by atoms with van der Waals surface area (Å²) in [6.45, 7) is 0. The van der Waals surface area contributed by atoms with Crippen LogP contribution in [0, 0.1) is 5.82 Å². The third-order valence-electron chi connectivity index (χ3n) is 2.94.